The van der Waals surface area contributed by atoms with E-state index in [0.29, 0.717) is 0 Å². The lowest BCUT2D eigenvalue weighted by molar-refractivity contribution is 0.121. The molecule has 0 atom stereocenters. The van der Waals surface area contributed by atoms with Crippen LogP contribution in [0.15, 0.2) is 0 Å². The zero-order valence-electron chi connectivity index (χ0n) is 8.90. The van der Waals surface area contributed by atoms with Crippen molar-refractivity contribution in [3.05, 3.63) is 0 Å². The van der Waals surface area contributed by atoms with E-state index in [1.54, 1.807) is 0 Å². The summed E-state index contributed by atoms with van der Waals surface area (Å²) in [5.41, 5.74) is 5.01. The Morgan fingerprint density at radius 1 is 1.06 bits per heavy atom. The second kappa shape index (κ2) is 7.74. The van der Waals surface area contributed by atoms with Gasteiger partial charge in [-0.25, -0.2) is 0 Å². The van der Waals surface area contributed by atoms with Crippen LogP contribution in [0.2, 0.25) is 0 Å². The molecule has 0 rings (SSSR count). The number of hydrogen-bond acceptors (Lipinski definition) is 5. The highest BCUT2D eigenvalue weighted by molar-refractivity contribution is 7.72. The van der Waals surface area contributed by atoms with Crippen molar-refractivity contribution in [1.82, 2.24) is 0 Å². The minimum absolute atomic E-state index is 0.0394. The Morgan fingerprint density at radius 3 is 1.50 bits per heavy atom. The van der Waals surface area contributed by atoms with Crippen molar-refractivity contribution in [2.24, 2.45) is 5.73 Å². The minimum atomic E-state index is -5.30. The summed E-state index contributed by atoms with van der Waals surface area (Å²) in [6.45, 7) is -0.0394. The third kappa shape index (κ3) is 6.98. The maximum Gasteiger partial charge on any atom is 0.692 e. The van der Waals surface area contributed by atoms with Gasteiger partial charge in [0.1, 0.15) is 0 Å². The van der Waals surface area contributed by atoms with Gasteiger partial charge in [-0.15, -0.1) is 9.79 Å². The van der Waals surface area contributed by atoms with E-state index < -0.39 is 35.0 Å². The number of hydrogen-bond donors (Lipinski definition) is 8. The first-order valence-electron chi connectivity index (χ1n) is 4.18. The zero-order chi connectivity index (χ0) is 15.2. The summed E-state index contributed by atoms with van der Waals surface area (Å²) in [5, 5.41) is 5.91. The van der Waals surface area contributed by atoms with Gasteiger partial charge < -0.3 is 30.4 Å². The monoisotopic (exact) mass is 330 g/mol. The maximum absolute atomic E-state index is 10.7. The highest BCUT2D eigenvalue weighted by Gasteiger charge is 2.58. The number of rotatable bonds is 5. The standard InChI is InChI=1S/C4H13NO7P2.HO3P/c5-3-1-2-4(6,13(7,8)9)14(10,11)12;1-4(2)3/h6H,1-3,5H2,(H2,7,8,9)(H2,10,11,12);(H-,1,2,3)/p+1. The summed E-state index contributed by atoms with van der Waals surface area (Å²) in [6.07, 6.45) is -0.856. The molecule has 0 saturated heterocycles. The van der Waals surface area contributed by atoms with E-state index in [-0.39, 0.29) is 13.0 Å². The molecule has 0 spiro atoms. The third-order valence-electron chi connectivity index (χ3n) is 1.65. The molecule has 0 saturated carbocycles. The number of aliphatic hydroxyl groups is 1. The molecule has 0 aliphatic rings. The molecule has 0 aromatic heterocycles. The molecule has 0 aromatic carbocycles. The van der Waals surface area contributed by atoms with Gasteiger partial charge in [0.2, 0.25) is 0 Å². The summed E-state index contributed by atoms with van der Waals surface area (Å²) in [4.78, 5) is 48.7. The summed E-state index contributed by atoms with van der Waals surface area (Å²) < 4.78 is 30.1. The van der Waals surface area contributed by atoms with Crippen LogP contribution in [0.1, 0.15) is 12.8 Å². The summed E-state index contributed by atoms with van der Waals surface area (Å²) in [5.74, 6) is 0. The number of nitrogens with two attached hydrogens (primary N) is 1. The van der Waals surface area contributed by atoms with Crippen LogP contribution in [0.5, 0.6) is 0 Å². The fraction of sp³-hybridized carbons (Fsp3) is 1.00. The van der Waals surface area contributed by atoms with Gasteiger partial charge in [-0.2, -0.15) is 0 Å². The van der Waals surface area contributed by atoms with Crippen molar-refractivity contribution in [1.29, 1.82) is 0 Å². The van der Waals surface area contributed by atoms with Crippen LogP contribution in [-0.2, 0) is 13.7 Å². The molecule has 0 heterocycles. The Bertz CT molecular complexity index is 332. The van der Waals surface area contributed by atoms with Crippen LogP contribution in [0.4, 0.5) is 0 Å². The van der Waals surface area contributed by atoms with Gasteiger partial charge in [-0.05, 0) is 13.0 Å². The molecule has 0 fully saturated rings. The maximum atomic E-state index is 10.7. The summed E-state index contributed by atoms with van der Waals surface area (Å²) >= 11 is 0. The Labute approximate surface area is 103 Å². The lowest BCUT2D eigenvalue weighted by Gasteiger charge is -2.28. The van der Waals surface area contributed by atoms with Crippen molar-refractivity contribution in [2.75, 3.05) is 6.54 Å². The van der Waals surface area contributed by atoms with Crippen LogP contribution in [0, 0.1) is 0 Å². The molecule has 0 aromatic rings. The fourth-order valence-electron chi connectivity index (χ4n) is 0.800. The van der Waals surface area contributed by atoms with Gasteiger partial charge in [0.15, 0.2) is 0 Å². The molecule has 9 N–H and O–H groups in total. The van der Waals surface area contributed by atoms with Crippen molar-refractivity contribution in [2.45, 2.75) is 17.9 Å². The molecule has 0 aliphatic carbocycles. The SMILES string of the molecule is NCCCC(O)(P(=O)(O)O)P(=O)(O)O.O=[P+](O)O. The van der Waals surface area contributed by atoms with Crippen LogP contribution >= 0.6 is 23.4 Å². The minimum Gasteiger partial charge on any atom is -0.368 e. The second-order valence-corrected chi connectivity index (χ2v) is 7.52. The van der Waals surface area contributed by atoms with E-state index >= 15 is 0 Å². The van der Waals surface area contributed by atoms with E-state index in [1.165, 1.54) is 0 Å². The van der Waals surface area contributed by atoms with E-state index in [9.17, 15) is 14.2 Å². The molecule has 0 amide bonds. The van der Waals surface area contributed by atoms with Gasteiger partial charge in [0.05, 0.1) is 0 Å². The highest BCUT2D eigenvalue weighted by Crippen LogP contribution is 2.69. The Kier molecular flexibility index (Phi) is 8.84. The lowest BCUT2D eigenvalue weighted by Crippen LogP contribution is -2.29. The Balaban J connectivity index is 0. The predicted molar refractivity (Wildman–Crippen MR) is 59.4 cm³/mol. The van der Waals surface area contributed by atoms with E-state index in [2.05, 4.69) is 0 Å². The normalized spacial score (nSPS) is 12.7. The molecule has 18 heavy (non-hydrogen) atoms. The van der Waals surface area contributed by atoms with Crippen LogP contribution in [0.25, 0.3) is 0 Å². The third-order valence-corrected chi connectivity index (χ3v) is 5.53. The molecule has 0 bridgehead atoms. The first-order chi connectivity index (χ1) is 7.79. The Hall–Kier alpha value is 0.240. The molecule has 0 radical (unpaired) electrons. The molecular weight excluding hydrogens is 315 g/mol. The van der Waals surface area contributed by atoms with Crippen molar-refractivity contribution >= 4 is 23.4 Å². The molecule has 14 heteroatoms. The van der Waals surface area contributed by atoms with Gasteiger partial charge in [0.25, 0.3) is 5.08 Å². The van der Waals surface area contributed by atoms with Gasteiger partial charge in [-0.3, -0.25) is 9.13 Å². The van der Waals surface area contributed by atoms with Gasteiger partial charge >= 0.3 is 23.4 Å². The van der Waals surface area contributed by atoms with E-state index in [1.807, 2.05) is 0 Å². The second-order valence-electron chi connectivity index (χ2n) is 3.01. The van der Waals surface area contributed by atoms with Crippen LogP contribution < -0.4 is 5.73 Å². The smallest absolute Gasteiger partial charge is 0.368 e. The van der Waals surface area contributed by atoms with Crippen LogP contribution in [0.3, 0.4) is 0 Å². The molecule has 0 aliphatic heterocycles. The largest absolute Gasteiger partial charge is 0.692 e. The van der Waals surface area contributed by atoms with E-state index in [0.717, 1.165) is 0 Å². The highest BCUT2D eigenvalue weighted by atomic mass is 31.2. The summed E-state index contributed by atoms with van der Waals surface area (Å²) in [6, 6.07) is 0. The fourth-order valence-corrected chi connectivity index (χ4v) is 3.06. The average Bonchev–Trinajstić information content (AvgIpc) is 2.09. The quantitative estimate of drug-likeness (QED) is 0.267. The van der Waals surface area contributed by atoms with Crippen molar-refractivity contribution in [3.63, 3.8) is 0 Å². The van der Waals surface area contributed by atoms with Crippen molar-refractivity contribution < 1.29 is 48.2 Å². The molecular formula is C4H15NO10P3+. The molecule has 11 nitrogen and oxygen atoms in total. The lowest BCUT2D eigenvalue weighted by atomic mass is 10.3. The van der Waals surface area contributed by atoms with Gasteiger partial charge in [0, 0.05) is 11.0 Å². The van der Waals surface area contributed by atoms with Gasteiger partial charge in [-0.1, -0.05) is 0 Å². The first kappa shape index (κ1) is 20.6. The van der Waals surface area contributed by atoms with Crippen LogP contribution in [-0.4, -0.2) is 46.1 Å². The molecule has 110 valence electrons. The molecule has 0 unspecified atom stereocenters. The Morgan fingerprint density at radius 2 is 1.33 bits per heavy atom. The first-order valence-corrected chi connectivity index (χ1v) is 8.57. The van der Waals surface area contributed by atoms with E-state index in [4.69, 9.17) is 39.7 Å². The average molecular weight is 330 g/mol. The topological polar surface area (TPSA) is 219 Å². The predicted octanol–water partition coefficient (Wildman–Crippen LogP) is -1.64. The zero-order valence-corrected chi connectivity index (χ0v) is 11.6. The summed E-state index contributed by atoms with van der Waals surface area (Å²) in [7, 11) is -13.5. The van der Waals surface area contributed by atoms with Crippen molar-refractivity contribution in [3.8, 4) is 0 Å².